The molecule has 0 radical (unpaired) electrons. The van der Waals surface area contributed by atoms with Gasteiger partial charge in [0.1, 0.15) is 5.82 Å². The van der Waals surface area contributed by atoms with Gasteiger partial charge in [-0.2, -0.15) is 0 Å². The number of nitrogens with two attached hydrogens (primary N) is 1. The fraction of sp³-hybridized carbons (Fsp3) is 0.462. The molecule has 1 aromatic carbocycles. The molecule has 0 aromatic heterocycles. The molecule has 98 valence electrons. The van der Waals surface area contributed by atoms with Crippen LogP contribution >= 0.6 is 0 Å². The number of carbonyl (C=O) groups is 1. The number of nitrogens with one attached hydrogen (secondary N) is 1. The minimum atomic E-state index is -0.550. The van der Waals surface area contributed by atoms with Crippen LogP contribution in [0.4, 0.5) is 10.1 Å². The van der Waals surface area contributed by atoms with E-state index in [1.165, 1.54) is 12.1 Å². The molecule has 1 aliphatic heterocycles. The summed E-state index contributed by atoms with van der Waals surface area (Å²) in [7, 11) is 2.06. The molecule has 1 amide bonds. The van der Waals surface area contributed by atoms with E-state index in [9.17, 15) is 9.18 Å². The first kappa shape index (κ1) is 12.8. The van der Waals surface area contributed by atoms with Gasteiger partial charge in [-0.1, -0.05) is 0 Å². The Bertz CT molecular complexity index is 442. The van der Waals surface area contributed by atoms with Crippen molar-refractivity contribution in [3.8, 4) is 0 Å². The van der Waals surface area contributed by atoms with Crippen LogP contribution in [0.2, 0.25) is 0 Å². The summed E-state index contributed by atoms with van der Waals surface area (Å²) in [5, 5.41) is 2.93. The van der Waals surface area contributed by atoms with Crippen molar-refractivity contribution in [2.45, 2.75) is 18.9 Å². The second-order valence-electron chi connectivity index (χ2n) is 4.79. The van der Waals surface area contributed by atoms with Gasteiger partial charge in [-0.25, -0.2) is 4.39 Å². The minimum absolute atomic E-state index is 0.0610. The van der Waals surface area contributed by atoms with Gasteiger partial charge in [0.2, 0.25) is 0 Å². The highest BCUT2D eigenvalue weighted by Gasteiger charge is 2.19. The van der Waals surface area contributed by atoms with Gasteiger partial charge in [-0.3, -0.25) is 4.79 Å². The summed E-state index contributed by atoms with van der Waals surface area (Å²) in [6.45, 7) is 1.95. The first-order valence-corrected chi connectivity index (χ1v) is 6.10. The van der Waals surface area contributed by atoms with Crippen molar-refractivity contribution in [1.29, 1.82) is 0 Å². The standard InChI is InChI=1S/C13H18FN3O/c1-17-6-4-10(5-7-17)16-13(18)9-2-3-12(15)11(14)8-9/h2-3,8,10H,4-7,15H2,1H3,(H,16,18). The van der Waals surface area contributed by atoms with Crippen molar-refractivity contribution in [1.82, 2.24) is 10.2 Å². The van der Waals surface area contributed by atoms with Crippen LogP contribution in [0.25, 0.3) is 0 Å². The molecule has 1 heterocycles. The van der Waals surface area contributed by atoms with Crippen LogP contribution in [0.1, 0.15) is 23.2 Å². The minimum Gasteiger partial charge on any atom is -0.396 e. The molecule has 0 atom stereocenters. The SMILES string of the molecule is CN1CCC(NC(=O)c2ccc(N)c(F)c2)CC1. The van der Waals surface area contributed by atoms with Gasteiger partial charge < -0.3 is 16.0 Å². The Kier molecular flexibility index (Phi) is 3.81. The van der Waals surface area contributed by atoms with Crippen molar-refractivity contribution in [3.63, 3.8) is 0 Å². The zero-order chi connectivity index (χ0) is 13.1. The van der Waals surface area contributed by atoms with Crippen LogP contribution in [0.5, 0.6) is 0 Å². The van der Waals surface area contributed by atoms with E-state index in [-0.39, 0.29) is 17.6 Å². The summed E-state index contributed by atoms with van der Waals surface area (Å²) in [5.74, 6) is -0.783. The molecule has 5 heteroatoms. The lowest BCUT2D eigenvalue weighted by Gasteiger charge is -2.29. The van der Waals surface area contributed by atoms with Crippen LogP contribution in [0.15, 0.2) is 18.2 Å². The molecule has 1 aliphatic rings. The zero-order valence-electron chi connectivity index (χ0n) is 10.4. The molecule has 1 aromatic rings. The second kappa shape index (κ2) is 5.35. The lowest BCUT2D eigenvalue weighted by Crippen LogP contribution is -2.43. The Labute approximate surface area is 106 Å². The van der Waals surface area contributed by atoms with E-state index in [2.05, 4.69) is 17.3 Å². The summed E-state index contributed by atoms with van der Waals surface area (Å²) < 4.78 is 13.3. The average molecular weight is 251 g/mol. The summed E-state index contributed by atoms with van der Waals surface area (Å²) >= 11 is 0. The number of halogens is 1. The van der Waals surface area contributed by atoms with Crippen LogP contribution < -0.4 is 11.1 Å². The molecule has 2 rings (SSSR count). The average Bonchev–Trinajstić information content (AvgIpc) is 2.35. The molecular formula is C13H18FN3O. The third kappa shape index (κ3) is 2.98. The molecule has 3 N–H and O–H groups in total. The summed E-state index contributed by atoms with van der Waals surface area (Å²) in [5.41, 5.74) is 5.76. The number of piperidine rings is 1. The quantitative estimate of drug-likeness (QED) is 0.777. The number of benzene rings is 1. The largest absolute Gasteiger partial charge is 0.396 e. The molecule has 0 saturated carbocycles. The van der Waals surface area contributed by atoms with Crippen LogP contribution in [0, 0.1) is 5.82 Å². The van der Waals surface area contributed by atoms with Gasteiger partial charge in [-0.15, -0.1) is 0 Å². The molecule has 0 spiro atoms. The van der Waals surface area contributed by atoms with Crippen molar-refractivity contribution in [2.75, 3.05) is 25.9 Å². The number of hydrogen-bond acceptors (Lipinski definition) is 3. The fourth-order valence-electron chi connectivity index (χ4n) is 2.09. The third-order valence-corrected chi connectivity index (χ3v) is 3.32. The van der Waals surface area contributed by atoms with E-state index < -0.39 is 5.82 Å². The fourth-order valence-corrected chi connectivity index (χ4v) is 2.09. The number of rotatable bonds is 2. The molecule has 18 heavy (non-hydrogen) atoms. The van der Waals surface area contributed by atoms with Crippen LogP contribution in [-0.2, 0) is 0 Å². The highest BCUT2D eigenvalue weighted by Crippen LogP contribution is 2.13. The Hall–Kier alpha value is -1.62. The third-order valence-electron chi connectivity index (χ3n) is 3.32. The van der Waals surface area contributed by atoms with Gasteiger partial charge in [0, 0.05) is 11.6 Å². The Morgan fingerprint density at radius 1 is 1.44 bits per heavy atom. The number of amides is 1. The maximum atomic E-state index is 13.3. The predicted molar refractivity (Wildman–Crippen MR) is 68.8 cm³/mol. The topological polar surface area (TPSA) is 58.4 Å². The molecule has 0 unspecified atom stereocenters. The lowest BCUT2D eigenvalue weighted by molar-refractivity contribution is 0.0916. The number of anilines is 1. The van der Waals surface area contributed by atoms with Gasteiger partial charge >= 0.3 is 0 Å². The molecular weight excluding hydrogens is 233 g/mol. The highest BCUT2D eigenvalue weighted by atomic mass is 19.1. The smallest absolute Gasteiger partial charge is 0.251 e. The summed E-state index contributed by atoms with van der Waals surface area (Å²) in [6.07, 6.45) is 1.86. The van der Waals surface area contributed by atoms with Crippen molar-refractivity contribution in [2.24, 2.45) is 0 Å². The maximum absolute atomic E-state index is 13.3. The van der Waals surface area contributed by atoms with E-state index in [1.807, 2.05) is 0 Å². The predicted octanol–water partition coefficient (Wildman–Crippen LogP) is 1.23. The zero-order valence-corrected chi connectivity index (χ0v) is 10.4. The van der Waals surface area contributed by atoms with Gasteiger partial charge in [0.25, 0.3) is 5.91 Å². The number of carbonyl (C=O) groups excluding carboxylic acids is 1. The number of hydrogen-bond donors (Lipinski definition) is 2. The van der Waals surface area contributed by atoms with Gasteiger partial charge in [-0.05, 0) is 51.2 Å². The van der Waals surface area contributed by atoms with E-state index in [0.29, 0.717) is 5.56 Å². The number of nitrogen functional groups attached to an aromatic ring is 1. The van der Waals surface area contributed by atoms with E-state index in [4.69, 9.17) is 5.73 Å². The normalized spacial score (nSPS) is 17.7. The molecule has 4 nitrogen and oxygen atoms in total. The molecule has 1 saturated heterocycles. The summed E-state index contributed by atoms with van der Waals surface area (Å²) in [4.78, 5) is 14.2. The first-order chi connectivity index (χ1) is 8.56. The number of likely N-dealkylation sites (tertiary alicyclic amines) is 1. The van der Waals surface area contributed by atoms with Gasteiger partial charge in [0.15, 0.2) is 0 Å². The Morgan fingerprint density at radius 3 is 2.72 bits per heavy atom. The van der Waals surface area contributed by atoms with Crippen molar-refractivity contribution >= 4 is 11.6 Å². The van der Waals surface area contributed by atoms with Crippen LogP contribution in [-0.4, -0.2) is 37.0 Å². The lowest BCUT2D eigenvalue weighted by atomic mass is 10.0. The first-order valence-electron chi connectivity index (χ1n) is 6.10. The molecule has 0 bridgehead atoms. The monoisotopic (exact) mass is 251 g/mol. The Balaban J connectivity index is 1.97. The molecule has 0 aliphatic carbocycles. The highest BCUT2D eigenvalue weighted by molar-refractivity contribution is 5.94. The summed E-state index contributed by atoms with van der Waals surface area (Å²) in [6, 6.07) is 4.32. The van der Waals surface area contributed by atoms with Crippen molar-refractivity contribution in [3.05, 3.63) is 29.6 Å². The van der Waals surface area contributed by atoms with Gasteiger partial charge in [0.05, 0.1) is 5.69 Å². The van der Waals surface area contributed by atoms with E-state index in [1.54, 1.807) is 6.07 Å². The van der Waals surface area contributed by atoms with Crippen molar-refractivity contribution < 1.29 is 9.18 Å². The van der Waals surface area contributed by atoms with E-state index >= 15 is 0 Å². The number of nitrogens with zero attached hydrogens (tertiary/aromatic N) is 1. The van der Waals surface area contributed by atoms with E-state index in [0.717, 1.165) is 25.9 Å². The molecule has 1 fully saturated rings. The van der Waals surface area contributed by atoms with Crippen LogP contribution in [0.3, 0.4) is 0 Å². The maximum Gasteiger partial charge on any atom is 0.251 e. The second-order valence-corrected chi connectivity index (χ2v) is 4.79. The Morgan fingerprint density at radius 2 is 2.11 bits per heavy atom.